The molecule has 0 aromatic carbocycles. The van der Waals surface area contributed by atoms with Gasteiger partial charge in [0.25, 0.3) is 0 Å². The van der Waals surface area contributed by atoms with Crippen LogP contribution in [0.4, 0.5) is 0 Å². The smallest absolute Gasteiger partial charge is 0.107 e. The number of nitrogens with zero attached hydrogens (tertiary/aromatic N) is 3. The fourth-order valence-corrected chi connectivity index (χ4v) is 3.52. The maximum atomic E-state index is 4.82. The number of nitrogens with one attached hydrogen (secondary N) is 1. The number of hydrogen-bond donors (Lipinski definition) is 1. The highest BCUT2D eigenvalue weighted by molar-refractivity contribution is 7.11. The molecule has 19 heavy (non-hydrogen) atoms. The van der Waals surface area contributed by atoms with Gasteiger partial charge in [0.05, 0.1) is 12.2 Å². The molecule has 0 spiro atoms. The summed E-state index contributed by atoms with van der Waals surface area (Å²) >= 11 is 1.89. The largest absolute Gasteiger partial charge is 0.312 e. The first kappa shape index (κ1) is 14.9. The van der Waals surface area contributed by atoms with Crippen molar-refractivity contribution in [2.45, 2.75) is 33.4 Å². The molecule has 1 aromatic rings. The Labute approximate surface area is 120 Å². The van der Waals surface area contributed by atoms with Crippen molar-refractivity contribution in [1.82, 2.24) is 20.1 Å². The lowest BCUT2D eigenvalue weighted by Crippen LogP contribution is -2.43. The van der Waals surface area contributed by atoms with E-state index in [1.165, 1.54) is 41.8 Å². The summed E-state index contributed by atoms with van der Waals surface area (Å²) in [5.74, 6) is 0. The standard InChI is InChI=1S/C14H26N4S/c1-4-12-13(10-15-5-2)19-14(16-12)11-18-8-6-17(3)7-9-18/h15H,4-11H2,1-3H3. The second-order valence-corrected chi connectivity index (χ2v) is 6.36. The molecule has 0 unspecified atom stereocenters. The Bertz CT molecular complexity index is 383. The van der Waals surface area contributed by atoms with E-state index in [0.717, 1.165) is 26.1 Å². The van der Waals surface area contributed by atoms with Crippen LogP contribution >= 0.6 is 11.3 Å². The summed E-state index contributed by atoms with van der Waals surface area (Å²) in [7, 11) is 2.20. The molecule has 108 valence electrons. The van der Waals surface area contributed by atoms with E-state index in [1.807, 2.05) is 11.3 Å². The molecule has 4 nitrogen and oxygen atoms in total. The van der Waals surface area contributed by atoms with Gasteiger partial charge in [-0.05, 0) is 20.0 Å². The van der Waals surface area contributed by atoms with Gasteiger partial charge >= 0.3 is 0 Å². The maximum absolute atomic E-state index is 4.82. The van der Waals surface area contributed by atoms with Crippen molar-refractivity contribution in [3.05, 3.63) is 15.6 Å². The predicted octanol–water partition coefficient (Wildman–Crippen LogP) is 1.56. The number of rotatable bonds is 6. The summed E-state index contributed by atoms with van der Waals surface area (Å²) in [5, 5.41) is 4.70. The molecular weight excluding hydrogens is 256 g/mol. The topological polar surface area (TPSA) is 31.4 Å². The molecule has 0 bridgehead atoms. The summed E-state index contributed by atoms with van der Waals surface area (Å²) in [6.45, 7) is 12.1. The average Bonchev–Trinajstić information content (AvgIpc) is 2.81. The highest BCUT2D eigenvalue weighted by atomic mass is 32.1. The van der Waals surface area contributed by atoms with E-state index in [-0.39, 0.29) is 0 Å². The van der Waals surface area contributed by atoms with Crippen LogP contribution in [-0.4, -0.2) is 54.6 Å². The molecule has 0 aliphatic carbocycles. The molecule has 1 aromatic heterocycles. The Morgan fingerprint density at radius 1 is 1.21 bits per heavy atom. The minimum absolute atomic E-state index is 0.972. The minimum atomic E-state index is 0.972. The number of aromatic nitrogens is 1. The average molecular weight is 282 g/mol. The minimum Gasteiger partial charge on any atom is -0.312 e. The van der Waals surface area contributed by atoms with Gasteiger partial charge in [-0.2, -0.15) is 0 Å². The molecule has 0 amide bonds. The maximum Gasteiger partial charge on any atom is 0.107 e. The molecular formula is C14H26N4S. The van der Waals surface area contributed by atoms with Crippen molar-refractivity contribution >= 4 is 11.3 Å². The number of aryl methyl sites for hydroxylation is 1. The first-order valence-corrected chi connectivity index (χ1v) is 8.13. The Kier molecular flexibility index (Phi) is 5.76. The molecule has 1 N–H and O–H groups in total. The van der Waals surface area contributed by atoms with Crippen LogP contribution < -0.4 is 5.32 Å². The number of piperazine rings is 1. The third-order valence-corrected chi connectivity index (χ3v) is 4.73. The van der Waals surface area contributed by atoms with Crippen LogP contribution in [0, 0.1) is 0 Å². The zero-order chi connectivity index (χ0) is 13.7. The van der Waals surface area contributed by atoms with Gasteiger partial charge in [0.2, 0.25) is 0 Å². The summed E-state index contributed by atoms with van der Waals surface area (Å²) in [6.07, 6.45) is 1.04. The molecule has 2 rings (SSSR count). The van der Waals surface area contributed by atoms with Crippen molar-refractivity contribution in [2.75, 3.05) is 39.8 Å². The molecule has 2 heterocycles. The fourth-order valence-electron chi connectivity index (χ4n) is 2.35. The lowest BCUT2D eigenvalue weighted by molar-refractivity contribution is 0.148. The second-order valence-electron chi connectivity index (χ2n) is 5.19. The Morgan fingerprint density at radius 3 is 2.58 bits per heavy atom. The van der Waals surface area contributed by atoms with Crippen molar-refractivity contribution in [3.63, 3.8) is 0 Å². The quantitative estimate of drug-likeness (QED) is 0.858. The van der Waals surface area contributed by atoms with E-state index in [0.29, 0.717) is 0 Å². The molecule has 0 radical (unpaired) electrons. The van der Waals surface area contributed by atoms with Gasteiger partial charge in [-0.25, -0.2) is 4.98 Å². The van der Waals surface area contributed by atoms with E-state index in [2.05, 4.69) is 36.0 Å². The van der Waals surface area contributed by atoms with Crippen molar-refractivity contribution in [3.8, 4) is 0 Å². The Balaban J connectivity index is 1.94. The summed E-state index contributed by atoms with van der Waals surface area (Å²) in [6, 6.07) is 0. The zero-order valence-corrected chi connectivity index (χ0v) is 13.2. The van der Waals surface area contributed by atoms with E-state index in [9.17, 15) is 0 Å². The van der Waals surface area contributed by atoms with Crippen molar-refractivity contribution < 1.29 is 0 Å². The van der Waals surface area contributed by atoms with Crippen LogP contribution in [0.5, 0.6) is 0 Å². The SMILES string of the molecule is CCNCc1sc(CN2CCN(C)CC2)nc1CC. The third-order valence-electron chi connectivity index (χ3n) is 3.65. The van der Waals surface area contributed by atoms with Gasteiger partial charge in [-0.15, -0.1) is 11.3 Å². The Hall–Kier alpha value is -0.490. The normalized spacial score (nSPS) is 18.1. The van der Waals surface area contributed by atoms with Crippen LogP contribution in [-0.2, 0) is 19.5 Å². The summed E-state index contributed by atoms with van der Waals surface area (Å²) < 4.78 is 0. The van der Waals surface area contributed by atoms with Crippen LogP contribution in [0.15, 0.2) is 0 Å². The number of thiazole rings is 1. The van der Waals surface area contributed by atoms with Crippen LogP contribution in [0.25, 0.3) is 0 Å². The lowest BCUT2D eigenvalue weighted by Gasteiger charge is -2.31. The van der Waals surface area contributed by atoms with Gasteiger partial charge in [-0.1, -0.05) is 13.8 Å². The van der Waals surface area contributed by atoms with Crippen LogP contribution in [0.1, 0.15) is 29.4 Å². The van der Waals surface area contributed by atoms with E-state index >= 15 is 0 Å². The van der Waals surface area contributed by atoms with E-state index in [1.54, 1.807) is 0 Å². The molecule has 1 saturated heterocycles. The van der Waals surface area contributed by atoms with Gasteiger partial charge in [0.1, 0.15) is 5.01 Å². The third kappa shape index (κ3) is 4.24. The van der Waals surface area contributed by atoms with Gasteiger partial charge in [0, 0.05) is 37.6 Å². The fraction of sp³-hybridized carbons (Fsp3) is 0.786. The summed E-state index contributed by atoms with van der Waals surface area (Å²) in [5.41, 5.74) is 1.29. The monoisotopic (exact) mass is 282 g/mol. The molecule has 0 saturated carbocycles. The van der Waals surface area contributed by atoms with Crippen LogP contribution in [0.3, 0.4) is 0 Å². The van der Waals surface area contributed by atoms with Crippen molar-refractivity contribution in [2.24, 2.45) is 0 Å². The first-order valence-electron chi connectivity index (χ1n) is 7.32. The van der Waals surface area contributed by atoms with Gasteiger partial charge < -0.3 is 10.2 Å². The van der Waals surface area contributed by atoms with Crippen LogP contribution in [0.2, 0.25) is 0 Å². The van der Waals surface area contributed by atoms with Gasteiger partial charge in [0.15, 0.2) is 0 Å². The molecule has 5 heteroatoms. The number of likely N-dealkylation sites (N-methyl/N-ethyl adjacent to an activating group) is 1. The summed E-state index contributed by atoms with van der Waals surface area (Å²) in [4.78, 5) is 11.2. The van der Waals surface area contributed by atoms with Crippen molar-refractivity contribution in [1.29, 1.82) is 0 Å². The number of hydrogen-bond acceptors (Lipinski definition) is 5. The second kappa shape index (κ2) is 7.33. The zero-order valence-electron chi connectivity index (χ0n) is 12.4. The highest BCUT2D eigenvalue weighted by Crippen LogP contribution is 2.21. The molecule has 1 fully saturated rings. The first-order chi connectivity index (χ1) is 9.22. The Morgan fingerprint density at radius 2 is 1.95 bits per heavy atom. The lowest BCUT2D eigenvalue weighted by atomic mass is 10.3. The highest BCUT2D eigenvalue weighted by Gasteiger charge is 2.16. The molecule has 0 atom stereocenters. The molecule has 1 aliphatic heterocycles. The van der Waals surface area contributed by atoms with E-state index < -0.39 is 0 Å². The van der Waals surface area contributed by atoms with Gasteiger partial charge in [-0.3, -0.25) is 4.90 Å². The van der Waals surface area contributed by atoms with E-state index in [4.69, 9.17) is 4.98 Å². The predicted molar refractivity (Wildman–Crippen MR) is 81.6 cm³/mol. The molecule has 1 aliphatic rings.